The topological polar surface area (TPSA) is 70.2 Å². The molecule has 2 amide bonds. The van der Waals surface area contributed by atoms with Crippen molar-refractivity contribution in [1.29, 1.82) is 0 Å². The first-order chi connectivity index (χ1) is 8.18. The zero-order chi connectivity index (χ0) is 12.3. The van der Waals surface area contributed by atoms with E-state index in [0.717, 1.165) is 50.0 Å². The molecule has 2 heterocycles. The van der Waals surface area contributed by atoms with Gasteiger partial charge in [0.25, 0.3) is 0 Å². The zero-order valence-electron chi connectivity index (χ0n) is 10.1. The Hall–Kier alpha value is -1.36. The summed E-state index contributed by atoms with van der Waals surface area (Å²) < 4.78 is 0. The van der Waals surface area contributed by atoms with Crippen LogP contribution >= 0.6 is 0 Å². The van der Waals surface area contributed by atoms with Crippen LogP contribution in [0.1, 0.15) is 26.2 Å². The maximum absolute atomic E-state index is 11.9. The number of amides is 2. The lowest BCUT2D eigenvalue weighted by atomic mass is 10.0. The Morgan fingerprint density at radius 3 is 2.76 bits per heavy atom. The second kappa shape index (κ2) is 5.31. The van der Waals surface area contributed by atoms with E-state index < -0.39 is 0 Å². The molecule has 0 aromatic heterocycles. The van der Waals surface area contributed by atoms with E-state index in [9.17, 15) is 9.59 Å². The third kappa shape index (κ3) is 2.85. The third-order valence-corrected chi connectivity index (χ3v) is 3.39. The Morgan fingerprint density at radius 2 is 2.12 bits per heavy atom. The molecule has 0 aliphatic carbocycles. The van der Waals surface area contributed by atoms with Gasteiger partial charge in [0.15, 0.2) is 0 Å². The van der Waals surface area contributed by atoms with Crippen LogP contribution in [0.15, 0.2) is 11.1 Å². The Balaban J connectivity index is 1.95. The van der Waals surface area contributed by atoms with Crippen LogP contribution in [0.25, 0.3) is 0 Å². The van der Waals surface area contributed by atoms with Crippen molar-refractivity contribution in [3.05, 3.63) is 11.1 Å². The van der Waals surface area contributed by atoms with Crippen molar-refractivity contribution < 1.29 is 9.59 Å². The second-order valence-corrected chi connectivity index (χ2v) is 4.64. The van der Waals surface area contributed by atoms with E-state index in [1.807, 2.05) is 6.92 Å². The summed E-state index contributed by atoms with van der Waals surface area (Å²) in [5.74, 6) is -0.163. The minimum absolute atomic E-state index is 0.0552. The van der Waals surface area contributed by atoms with Crippen molar-refractivity contribution in [1.82, 2.24) is 16.0 Å². The maximum atomic E-state index is 11.9. The molecular weight excluding hydrogens is 218 g/mol. The van der Waals surface area contributed by atoms with Gasteiger partial charge in [-0.05, 0) is 31.8 Å². The lowest BCUT2D eigenvalue weighted by Gasteiger charge is -2.23. The lowest BCUT2D eigenvalue weighted by molar-refractivity contribution is -0.127. The van der Waals surface area contributed by atoms with Gasteiger partial charge < -0.3 is 16.0 Å². The zero-order valence-corrected chi connectivity index (χ0v) is 10.1. The van der Waals surface area contributed by atoms with E-state index in [1.165, 1.54) is 0 Å². The number of hydrogen-bond donors (Lipinski definition) is 3. The minimum Gasteiger partial charge on any atom is -0.354 e. The molecule has 0 aromatic rings. The standard InChI is InChI=1S/C12H19N3O2/c1-8(9-6-13-7-9)11(16)15-10-4-2-3-5-14-12(10)17/h10,13H,2-7H2,1H3,(H,14,17)(H,15,16). The summed E-state index contributed by atoms with van der Waals surface area (Å²) in [6.07, 6.45) is 2.70. The highest BCUT2D eigenvalue weighted by Crippen LogP contribution is 2.11. The summed E-state index contributed by atoms with van der Waals surface area (Å²) in [5.41, 5.74) is 1.89. The van der Waals surface area contributed by atoms with Crippen LogP contribution in [-0.4, -0.2) is 37.5 Å². The molecule has 94 valence electrons. The molecule has 0 aromatic carbocycles. The highest BCUT2D eigenvalue weighted by molar-refractivity contribution is 5.97. The van der Waals surface area contributed by atoms with E-state index in [1.54, 1.807) is 0 Å². The summed E-state index contributed by atoms with van der Waals surface area (Å²) in [6, 6.07) is -0.367. The Labute approximate surface area is 101 Å². The molecule has 5 heteroatoms. The summed E-state index contributed by atoms with van der Waals surface area (Å²) in [4.78, 5) is 23.6. The van der Waals surface area contributed by atoms with Crippen molar-refractivity contribution in [2.75, 3.05) is 19.6 Å². The molecule has 0 radical (unpaired) electrons. The van der Waals surface area contributed by atoms with Gasteiger partial charge in [-0.15, -0.1) is 0 Å². The van der Waals surface area contributed by atoms with Crippen molar-refractivity contribution in [2.24, 2.45) is 0 Å². The lowest BCUT2D eigenvalue weighted by Crippen LogP contribution is -2.46. The van der Waals surface area contributed by atoms with Gasteiger partial charge >= 0.3 is 0 Å². The first-order valence-electron chi connectivity index (χ1n) is 6.16. The van der Waals surface area contributed by atoms with E-state index in [4.69, 9.17) is 0 Å². The highest BCUT2D eigenvalue weighted by Gasteiger charge is 2.24. The van der Waals surface area contributed by atoms with Gasteiger partial charge in [-0.3, -0.25) is 9.59 Å². The van der Waals surface area contributed by atoms with Crippen molar-refractivity contribution in [3.63, 3.8) is 0 Å². The average Bonchev–Trinajstić information content (AvgIpc) is 2.42. The molecule has 0 spiro atoms. The fourth-order valence-electron chi connectivity index (χ4n) is 2.02. The fourth-order valence-corrected chi connectivity index (χ4v) is 2.02. The largest absolute Gasteiger partial charge is 0.354 e. The molecule has 3 N–H and O–H groups in total. The van der Waals surface area contributed by atoms with Gasteiger partial charge in [0.2, 0.25) is 11.8 Å². The molecule has 2 fully saturated rings. The van der Waals surface area contributed by atoms with Gasteiger partial charge in [-0.25, -0.2) is 0 Å². The van der Waals surface area contributed by atoms with Gasteiger partial charge in [-0.1, -0.05) is 0 Å². The van der Waals surface area contributed by atoms with E-state index in [0.29, 0.717) is 0 Å². The van der Waals surface area contributed by atoms with Crippen molar-refractivity contribution in [2.45, 2.75) is 32.2 Å². The monoisotopic (exact) mass is 237 g/mol. The van der Waals surface area contributed by atoms with Crippen LogP contribution < -0.4 is 16.0 Å². The molecule has 17 heavy (non-hydrogen) atoms. The van der Waals surface area contributed by atoms with Crippen LogP contribution in [0.4, 0.5) is 0 Å². The number of carbonyl (C=O) groups is 2. The molecule has 2 aliphatic heterocycles. The summed E-state index contributed by atoms with van der Waals surface area (Å²) >= 11 is 0. The van der Waals surface area contributed by atoms with Crippen LogP contribution in [0, 0.1) is 0 Å². The summed E-state index contributed by atoms with van der Waals surface area (Å²) in [6.45, 7) is 4.11. The predicted molar refractivity (Wildman–Crippen MR) is 64.4 cm³/mol. The van der Waals surface area contributed by atoms with Crippen LogP contribution in [0.2, 0.25) is 0 Å². The fraction of sp³-hybridized carbons (Fsp3) is 0.667. The molecule has 1 unspecified atom stereocenters. The predicted octanol–water partition coefficient (Wildman–Crippen LogP) is -0.309. The molecule has 2 aliphatic rings. The van der Waals surface area contributed by atoms with Gasteiger partial charge in [-0.2, -0.15) is 0 Å². The van der Waals surface area contributed by atoms with Crippen LogP contribution in [0.5, 0.6) is 0 Å². The molecule has 5 nitrogen and oxygen atoms in total. The van der Waals surface area contributed by atoms with E-state index in [2.05, 4.69) is 16.0 Å². The van der Waals surface area contributed by atoms with E-state index >= 15 is 0 Å². The number of nitrogens with one attached hydrogen (secondary N) is 3. The molecule has 0 bridgehead atoms. The number of rotatable bonds is 2. The van der Waals surface area contributed by atoms with Gasteiger partial charge in [0.1, 0.15) is 6.04 Å². The second-order valence-electron chi connectivity index (χ2n) is 4.64. The van der Waals surface area contributed by atoms with Crippen molar-refractivity contribution in [3.8, 4) is 0 Å². The average molecular weight is 237 g/mol. The van der Waals surface area contributed by atoms with Crippen molar-refractivity contribution >= 4 is 11.8 Å². The summed E-state index contributed by atoms with van der Waals surface area (Å²) in [7, 11) is 0. The number of carbonyl (C=O) groups excluding carboxylic acids is 2. The van der Waals surface area contributed by atoms with E-state index in [-0.39, 0.29) is 17.9 Å². The first-order valence-corrected chi connectivity index (χ1v) is 6.16. The Bertz CT molecular complexity index is 357. The Kier molecular flexibility index (Phi) is 3.78. The molecule has 0 saturated carbocycles. The Morgan fingerprint density at radius 1 is 1.35 bits per heavy atom. The molecular formula is C12H19N3O2. The SMILES string of the molecule is CC(C(=O)NC1CCCCNC1=O)=C1CNC1. The molecule has 2 saturated heterocycles. The van der Waals surface area contributed by atoms with Crippen LogP contribution in [0.3, 0.4) is 0 Å². The maximum Gasteiger partial charge on any atom is 0.247 e. The van der Waals surface area contributed by atoms with Crippen LogP contribution in [-0.2, 0) is 9.59 Å². The molecule has 2 rings (SSSR count). The van der Waals surface area contributed by atoms with Gasteiger partial charge in [0.05, 0.1) is 0 Å². The third-order valence-electron chi connectivity index (χ3n) is 3.39. The number of hydrogen-bond acceptors (Lipinski definition) is 3. The van der Waals surface area contributed by atoms with Gasteiger partial charge in [0, 0.05) is 25.2 Å². The highest BCUT2D eigenvalue weighted by atomic mass is 16.2. The summed E-state index contributed by atoms with van der Waals surface area (Å²) in [5, 5.41) is 8.74. The first kappa shape index (κ1) is 12.1. The normalized spacial score (nSPS) is 24.4. The smallest absolute Gasteiger partial charge is 0.247 e. The molecule has 1 atom stereocenters. The minimum atomic E-state index is -0.367. The quantitative estimate of drug-likeness (QED) is 0.577.